The molecule has 1 aromatic heterocycles. The summed E-state index contributed by atoms with van der Waals surface area (Å²) in [6, 6.07) is 3.31. The van der Waals surface area contributed by atoms with Crippen molar-refractivity contribution in [3.05, 3.63) is 47.3 Å². The van der Waals surface area contributed by atoms with Crippen molar-refractivity contribution in [2.75, 3.05) is 11.9 Å². The average Bonchev–Trinajstić information content (AvgIpc) is 3.19. The van der Waals surface area contributed by atoms with E-state index in [-0.39, 0.29) is 0 Å². The second-order valence-corrected chi connectivity index (χ2v) is 5.39. The molecule has 1 fully saturated rings. The third kappa shape index (κ3) is 3.30. The molecule has 0 atom stereocenters. The number of halogens is 2. The predicted molar refractivity (Wildman–Crippen MR) is 77.3 cm³/mol. The predicted octanol–water partition coefficient (Wildman–Crippen LogP) is 2.44. The molecular formula is C15H16F2N4O. The molecule has 3 rings (SSSR count). The Bertz CT molecular complexity index is 662. The van der Waals surface area contributed by atoms with Gasteiger partial charge in [0.25, 0.3) is 5.91 Å². The molecular weight excluding hydrogens is 290 g/mol. The molecule has 3 N–H and O–H groups in total. The van der Waals surface area contributed by atoms with Crippen LogP contribution in [-0.4, -0.2) is 22.6 Å². The lowest BCUT2D eigenvalue weighted by molar-refractivity contribution is 0.101. The Morgan fingerprint density at radius 1 is 1.32 bits per heavy atom. The Morgan fingerprint density at radius 2 is 2.05 bits per heavy atom. The number of carbonyl (C=O) groups is 1. The molecule has 0 spiro atoms. The quantitative estimate of drug-likeness (QED) is 0.768. The maximum absolute atomic E-state index is 13.6. The minimum Gasteiger partial charge on any atom is -0.319 e. The summed E-state index contributed by atoms with van der Waals surface area (Å²) in [6.45, 7) is 1.42. The number of benzene rings is 1. The van der Waals surface area contributed by atoms with Gasteiger partial charge < -0.3 is 10.6 Å². The number of aromatic amines is 1. The van der Waals surface area contributed by atoms with Crippen LogP contribution in [0.3, 0.4) is 0 Å². The maximum Gasteiger partial charge on any atom is 0.261 e. The third-order valence-electron chi connectivity index (χ3n) is 3.59. The summed E-state index contributed by atoms with van der Waals surface area (Å²) < 4.78 is 27.2. The summed E-state index contributed by atoms with van der Waals surface area (Å²) in [5, 5.41) is 12.4. The van der Waals surface area contributed by atoms with Crippen LogP contribution < -0.4 is 10.6 Å². The van der Waals surface area contributed by atoms with E-state index in [0.717, 1.165) is 24.6 Å². The Hall–Kier alpha value is -2.28. The highest BCUT2D eigenvalue weighted by Crippen LogP contribution is 2.27. The van der Waals surface area contributed by atoms with Crippen molar-refractivity contribution < 1.29 is 13.6 Å². The van der Waals surface area contributed by atoms with Gasteiger partial charge in [-0.2, -0.15) is 5.10 Å². The first-order valence-electron chi connectivity index (χ1n) is 7.13. The Balaban J connectivity index is 1.67. The molecule has 116 valence electrons. The molecule has 1 amide bonds. The first-order chi connectivity index (χ1) is 10.6. The molecule has 5 nitrogen and oxygen atoms in total. The topological polar surface area (TPSA) is 69.8 Å². The number of H-pyrrole nitrogens is 1. The normalized spacial score (nSPS) is 14.1. The van der Waals surface area contributed by atoms with Crippen molar-refractivity contribution in [2.24, 2.45) is 5.92 Å². The number of amides is 1. The van der Waals surface area contributed by atoms with Crippen LogP contribution in [-0.2, 0) is 6.54 Å². The lowest BCUT2D eigenvalue weighted by Crippen LogP contribution is -2.20. The Morgan fingerprint density at radius 3 is 2.73 bits per heavy atom. The van der Waals surface area contributed by atoms with Crippen molar-refractivity contribution in [2.45, 2.75) is 19.4 Å². The fraction of sp³-hybridized carbons (Fsp3) is 0.333. The summed E-state index contributed by atoms with van der Waals surface area (Å²) in [5.41, 5.74) is 0.488. The lowest BCUT2D eigenvalue weighted by atomic mass is 10.2. The molecule has 1 saturated carbocycles. The monoisotopic (exact) mass is 306 g/mol. The highest BCUT2D eigenvalue weighted by Gasteiger charge is 2.21. The van der Waals surface area contributed by atoms with E-state index in [1.54, 1.807) is 0 Å². The minimum absolute atomic E-state index is 0.413. The highest BCUT2D eigenvalue weighted by molar-refractivity contribution is 6.04. The van der Waals surface area contributed by atoms with E-state index in [0.29, 0.717) is 17.9 Å². The van der Waals surface area contributed by atoms with E-state index in [9.17, 15) is 13.6 Å². The van der Waals surface area contributed by atoms with E-state index in [4.69, 9.17) is 0 Å². The molecule has 0 radical (unpaired) electrons. The zero-order valence-corrected chi connectivity index (χ0v) is 11.8. The first kappa shape index (κ1) is 14.6. The van der Waals surface area contributed by atoms with Gasteiger partial charge >= 0.3 is 0 Å². The van der Waals surface area contributed by atoms with Gasteiger partial charge in [-0.05, 0) is 37.4 Å². The standard InChI is InChI=1S/C15H16F2N4O/c16-10-2-1-3-11(17)14(10)15(22)20-12-8-19-21-13(12)7-18-6-9-4-5-9/h1-3,8-9,18H,4-7H2,(H,19,21)(H,20,22). The van der Waals surface area contributed by atoms with Crippen LogP contribution in [0.1, 0.15) is 28.9 Å². The zero-order chi connectivity index (χ0) is 15.5. The fourth-order valence-electron chi connectivity index (χ4n) is 2.18. The van der Waals surface area contributed by atoms with Gasteiger partial charge in [0.05, 0.1) is 17.6 Å². The van der Waals surface area contributed by atoms with Gasteiger partial charge in [-0.15, -0.1) is 0 Å². The van der Waals surface area contributed by atoms with Gasteiger partial charge in [0.15, 0.2) is 0 Å². The van der Waals surface area contributed by atoms with Gasteiger partial charge in [0.2, 0.25) is 0 Å². The molecule has 22 heavy (non-hydrogen) atoms. The van der Waals surface area contributed by atoms with Gasteiger partial charge in [-0.1, -0.05) is 6.07 Å². The van der Waals surface area contributed by atoms with Crippen LogP contribution >= 0.6 is 0 Å². The van der Waals surface area contributed by atoms with E-state index in [2.05, 4.69) is 20.8 Å². The van der Waals surface area contributed by atoms with Crippen LogP contribution in [0.15, 0.2) is 24.4 Å². The van der Waals surface area contributed by atoms with E-state index in [1.807, 2.05) is 0 Å². The smallest absolute Gasteiger partial charge is 0.261 e. The van der Waals surface area contributed by atoms with Crippen LogP contribution in [0.25, 0.3) is 0 Å². The molecule has 2 aromatic rings. The molecule has 0 bridgehead atoms. The third-order valence-corrected chi connectivity index (χ3v) is 3.59. The van der Waals surface area contributed by atoms with E-state index < -0.39 is 23.1 Å². The van der Waals surface area contributed by atoms with Gasteiger partial charge in [-0.3, -0.25) is 9.89 Å². The molecule has 7 heteroatoms. The number of aromatic nitrogens is 2. The summed E-state index contributed by atoms with van der Waals surface area (Å²) in [6.07, 6.45) is 3.91. The van der Waals surface area contributed by atoms with Crippen LogP contribution in [0.2, 0.25) is 0 Å². The Kier molecular flexibility index (Phi) is 4.15. The highest BCUT2D eigenvalue weighted by atomic mass is 19.1. The van der Waals surface area contributed by atoms with Crippen LogP contribution in [0.5, 0.6) is 0 Å². The molecule has 0 aliphatic heterocycles. The number of hydrogen-bond donors (Lipinski definition) is 3. The Labute approximate surface area is 126 Å². The molecule has 1 aromatic carbocycles. The number of nitrogens with one attached hydrogen (secondary N) is 3. The maximum atomic E-state index is 13.6. The van der Waals surface area contributed by atoms with Crippen molar-refractivity contribution >= 4 is 11.6 Å². The van der Waals surface area contributed by atoms with Crippen molar-refractivity contribution in [3.8, 4) is 0 Å². The second-order valence-electron chi connectivity index (χ2n) is 5.39. The van der Waals surface area contributed by atoms with Crippen LogP contribution in [0.4, 0.5) is 14.5 Å². The average molecular weight is 306 g/mol. The van der Waals surface area contributed by atoms with E-state index in [1.165, 1.54) is 25.1 Å². The fourth-order valence-corrected chi connectivity index (χ4v) is 2.18. The number of rotatable bonds is 6. The van der Waals surface area contributed by atoms with Crippen molar-refractivity contribution in [3.63, 3.8) is 0 Å². The van der Waals surface area contributed by atoms with Gasteiger partial charge in [-0.25, -0.2) is 8.78 Å². The number of nitrogens with zero attached hydrogens (tertiary/aromatic N) is 1. The summed E-state index contributed by atoms with van der Waals surface area (Å²) >= 11 is 0. The van der Waals surface area contributed by atoms with Gasteiger partial charge in [0.1, 0.15) is 17.2 Å². The summed E-state index contributed by atoms with van der Waals surface area (Å²) in [4.78, 5) is 12.0. The van der Waals surface area contributed by atoms with E-state index >= 15 is 0 Å². The molecule has 1 aliphatic carbocycles. The summed E-state index contributed by atoms with van der Waals surface area (Å²) in [5.74, 6) is -1.89. The molecule has 1 heterocycles. The largest absolute Gasteiger partial charge is 0.319 e. The second kappa shape index (κ2) is 6.23. The molecule has 0 unspecified atom stereocenters. The zero-order valence-electron chi connectivity index (χ0n) is 11.8. The minimum atomic E-state index is -0.894. The van der Waals surface area contributed by atoms with Crippen molar-refractivity contribution in [1.82, 2.24) is 15.5 Å². The summed E-state index contributed by atoms with van der Waals surface area (Å²) in [7, 11) is 0. The van der Waals surface area contributed by atoms with Crippen molar-refractivity contribution in [1.29, 1.82) is 0 Å². The number of hydrogen-bond acceptors (Lipinski definition) is 3. The number of carbonyl (C=O) groups excluding carboxylic acids is 1. The lowest BCUT2D eigenvalue weighted by Gasteiger charge is -2.08. The molecule has 0 saturated heterocycles. The van der Waals surface area contributed by atoms with Gasteiger partial charge in [0, 0.05) is 6.54 Å². The molecule has 1 aliphatic rings. The SMILES string of the molecule is O=C(Nc1cn[nH]c1CNCC1CC1)c1c(F)cccc1F. The first-order valence-corrected chi connectivity index (χ1v) is 7.13. The number of anilines is 1. The van der Waals surface area contributed by atoms with Crippen LogP contribution in [0, 0.1) is 17.6 Å².